The Balaban J connectivity index is 1.71. The van der Waals surface area contributed by atoms with Crippen molar-refractivity contribution in [3.8, 4) is 17.6 Å². The summed E-state index contributed by atoms with van der Waals surface area (Å²) in [4.78, 5) is 26.4. The number of methoxy groups -OCH3 is 1. The van der Waals surface area contributed by atoms with Crippen molar-refractivity contribution in [2.24, 2.45) is 0 Å². The van der Waals surface area contributed by atoms with Gasteiger partial charge in [-0.05, 0) is 48.7 Å². The van der Waals surface area contributed by atoms with Crippen LogP contribution in [0.3, 0.4) is 0 Å². The van der Waals surface area contributed by atoms with Gasteiger partial charge in [0.25, 0.3) is 11.8 Å². The third kappa shape index (κ3) is 5.77. The number of ether oxygens (including phenoxy) is 2. The molecule has 2 amide bonds. The first-order valence-electron chi connectivity index (χ1n) is 9.78. The van der Waals surface area contributed by atoms with Gasteiger partial charge in [0.15, 0.2) is 18.1 Å². The highest BCUT2D eigenvalue weighted by molar-refractivity contribution is 6.34. The lowest BCUT2D eigenvalue weighted by molar-refractivity contribution is -0.132. The van der Waals surface area contributed by atoms with E-state index in [0.717, 1.165) is 25.9 Å². The monoisotopic (exact) mass is 439 g/mol. The van der Waals surface area contributed by atoms with Gasteiger partial charge in [-0.1, -0.05) is 29.8 Å². The highest BCUT2D eigenvalue weighted by Gasteiger charge is 2.19. The molecule has 8 heteroatoms. The maximum Gasteiger partial charge on any atom is 0.266 e. The van der Waals surface area contributed by atoms with E-state index in [0.29, 0.717) is 27.8 Å². The van der Waals surface area contributed by atoms with E-state index in [1.807, 2.05) is 6.07 Å². The van der Waals surface area contributed by atoms with Crippen LogP contribution in [0.15, 0.2) is 48.0 Å². The third-order valence-electron chi connectivity index (χ3n) is 4.80. The Labute approximate surface area is 185 Å². The molecular weight excluding hydrogens is 418 g/mol. The van der Waals surface area contributed by atoms with Gasteiger partial charge in [-0.25, -0.2) is 0 Å². The highest BCUT2D eigenvalue weighted by Crippen LogP contribution is 2.29. The molecule has 31 heavy (non-hydrogen) atoms. The van der Waals surface area contributed by atoms with E-state index in [1.165, 1.54) is 13.2 Å². The number of carbonyl (C=O) groups is 2. The third-order valence-corrected chi connectivity index (χ3v) is 5.13. The Morgan fingerprint density at radius 1 is 1.19 bits per heavy atom. The molecule has 1 aliphatic heterocycles. The predicted molar refractivity (Wildman–Crippen MR) is 118 cm³/mol. The summed E-state index contributed by atoms with van der Waals surface area (Å²) in [5.41, 5.74) is 0.889. The van der Waals surface area contributed by atoms with Gasteiger partial charge in [-0.3, -0.25) is 9.59 Å². The quantitative estimate of drug-likeness (QED) is 0.522. The Morgan fingerprint density at radius 2 is 1.94 bits per heavy atom. The van der Waals surface area contributed by atoms with Gasteiger partial charge in [0, 0.05) is 13.1 Å². The fraction of sp³-hybridized carbons (Fsp3) is 0.261. The normalized spacial score (nSPS) is 13.5. The average Bonchev–Trinajstić information content (AvgIpc) is 3.32. The van der Waals surface area contributed by atoms with Crippen LogP contribution >= 0.6 is 11.6 Å². The van der Waals surface area contributed by atoms with Crippen molar-refractivity contribution >= 4 is 35.2 Å². The van der Waals surface area contributed by atoms with Crippen molar-refractivity contribution < 1.29 is 19.1 Å². The molecule has 0 saturated carbocycles. The summed E-state index contributed by atoms with van der Waals surface area (Å²) in [6.45, 7) is 1.45. The number of anilines is 1. The van der Waals surface area contributed by atoms with Gasteiger partial charge in [0.05, 0.1) is 17.8 Å². The number of nitrogens with zero attached hydrogens (tertiary/aromatic N) is 2. The van der Waals surface area contributed by atoms with Gasteiger partial charge in [-0.2, -0.15) is 5.26 Å². The molecule has 0 atom stereocenters. The molecule has 1 fully saturated rings. The first-order chi connectivity index (χ1) is 15.0. The minimum absolute atomic E-state index is 0.0634. The van der Waals surface area contributed by atoms with E-state index in [-0.39, 0.29) is 18.1 Å². The van der Waals surface area contributed by atoms with Crippen LogP contribution in [0.4, 0.5) is 5.69 Å². The van der Waals surface area contributed by atoms with Crippen LogP contribution in [0, 0.1) is 11.3 Å². The molecule has 1 saturated heterocycles. The SMILES string of the molecule is COc1cc(/C=C(\C#N)C(=O)Nc2ccccc2Cl)ccc1OCC(=O)N1CCCC1. The smallest absolute Gasteiger partial charge is 0.266 e. The summed E-state index contributed by atoms with van der Waals surface area (Å²) in [7, 11) is 1.48. The highest BCUT2D eigenvalue weighted by atomic mass is 35.5. The standard InChI is InChI=1S/C23H22ClN3O4/c1-30-21-13-16(8-9-20(21)31-15-22(28)27-10-4-5-11-27)12-17(14-25)23(29)26-19-7-3-2-6-18(19)24/h2-3,6-9,12-13H,4-5,10-11,15H2,1H3,(H,26,29)/b17-12+. The van der Waals surface area contributed by atoms with Crippen molar-refractivity contribution in [3.05, 3.63) is 58.6 Å². The zero-order valence-electron chi connectivity index (χ0n) is 17.1. The molecule has 0 unspecified atom stereocenters. The van der Waals surface area contributed by atoms with Crippen molar-refractivity contribution in [3.63, 3.8) is 0 Å². The molecule has 0 radical (unpaired) electrons. The number of nitriles is 1. The number of nitrogens with one attached hydrogen (secondary N) is 1. The summed E-state index contributed by atoms with van der Waals surface area (Å²) in [5.74, 6) is 0.163. The number of para-hydroxylation sites is 1. The number of carbonyl (C=O) groups excluding carboxylic acids is 2. The molecule has 1 N–H and O–H groups in total. The molecule has 0 aliphatic carbocycles. The molecule has 0 spiro atoms. The Kier molecular flexibility index (Phi) is 7.52. The number of benzene rings is 2. The minimum Gasteiger partial charge on any atom is -0.493 e. The van der Waals surface area contributed by atoms with Crippen LogP contribution in [0.2, 0.25) is 5.02 Å². The van der Waals surface area contributed by atoms with Crippen molar-refractivity contribution in [2.45, 2.75) is 12.8 Å². The van der Waals surface area contributed by atoms with E-state index in [4.69, 9.17) is 21.1 Å². The summed E-state index contributed by atoms with van der Waals surface area (Å²) < 4.78 is 11.0. The lowest BCUT2D eigenvalue weighted by atomic mass is 10.1. The van der Waals surface area contributed by atoms with E-state index < -0.39 is 5.91 Å². The molecule has 0 bridgehead atoms. The Morgan fingerprint density at radius 3 is 2.61 bits per heavy atom. The summed E-state index contributed by atoms with van der Waals surface area (Å²) in [6.07, 6.45) is 3.47. The van der Waals surface area contributed by atoms with Gasteiger partial charge in [0.1, 0.15) is 11.6 Å². The largest absolute Gasteiger partial charge is 0.493 e. The van der Waals surface area contributed by atoms with Crippen molar-refractivity contribution in [2.75, 3.05) is 32.1 Å². The van der Waals surface area contributed by atoms with Gasteiger partial charge < -0.3 is 19.7 Å². The lowest BCUT2D eigenvalue weighted by Crippen LogP contribution is -2.32. The number of hydrogen-bond donors (Lipinski definition) is 1. The maximum absolute atomic E-state index is 12.5. The fourth-order valence-electron chi connectivity index (χ4n) is 3.16. The van der Waals surface area contributed by atoms with Crippen LogP contribution in [-0.2, 0) is 9.59 Å². The summed E-state index contributed by atoms with van der Waals surface area (Å²) in [6, 6.07) is 13.6. The lowest BCUT2D eigenvalue weighted by Gasteiger charge is -2.16. The average molecular weight is 440 g/mol. The maximum atomic E-state index is 12.5. The van der Waals surface area contributed by atoms with Crippen LogP contribution in [-0.4, -0.2) is 43.5 Å². The van der Waals surface area contributed by atoms with E-state index in [9.17, 15) is 14.9 Å². The van der Waals surface area contributed by atoms with Crippen LogP contribution in [0.1, 0.15) is 18.4 Å². The number of halogens is 1. The molecule has 3 rings (SSSR count). The second-order valence-electron chi connectivity index (χ2n) is 6.89. The molecule has 2 aromatic rings. The summed E-state index contributed by atoms with van der Waals surface area (Å²) in [5, 5.41) is 12.4. The van der Waals surface area contributed by atoms with Gasteiger partial charge >= 0.3 is 0 Å². The number of hydrogen-bond acceptors (Lipinski definition) is 5. The number of amides is 2. The Hall–Kier alpha value is -3.50. The predicted octanol–water partition coefficient (Wildman–Crippen LogP) is 3.90. The van der Waals surface area contributed by atoms with Gasteiger partial charge in [0.2, 0.25) is 0 Å². The number of rotatable bonds is 7. The van der Waals surface area contributed by atoms with Crippen molar-refractivity contribution in [1.29, 1.82) is 5.26 Å². The van der Waals surface area contributed by atoms with Crippen LogP contribution in [0.25, 0.3) is 6.08 Å². The Bertz CT molecular complexity index is 1040. The second kappa shape index (κ2) is 10.5. The molecule has 1 aliphatic rings. The summed E-state index contributed by atoms with van der Waals surface area (Å²) >= 11 is 6.05. The zero-order chi connectivity index (χ0) is 22.2. The topological polar surface area (TPSA) is 91.7 Å². The minimum atomic E-state index is -0.578. The molecule has 160 valence electrons. The zero-order valence-corrected chi connectivity index (χ0v) is 17.8. The molecule has 2 aromatic carbocycles. The first kappa shape index (κ1) is 22.2. The molecular formula is C23H22ClN3O4. The van der Waals surface area contributed by atoms with E-state index in [1.54, 1.807) is 47.4 Å². The fourth-order valence-corrected chi connectivity index (χ4v) is 3.34. The van der Waals surface area contributed by atoms with Gasteiger partial charge in [-0.15, -0.1) is 0 Å². The van der Waals surface area contributed by atoms with Crippen LogP contribution in [0.5, 0.6) is 11.5 Å². The van der Waals surface area contributed by atoms with Crippen molar-refractivity contribution in [1.82, 2.24) is 4.90 Å². The van der Waals surface area contributed by atoms with E-state index >= 15 is 0 Å². The van der Waals surface area contributed by atoms with Crippen LogP contribution < -0.4 is 14.8 Å². The number of likely N-dealkylation sites (tertiary alicyclic amines) is 1. The molecule has 7 nitrogen and oxygen atoms in total. The molecule has 0 aromatic heterocycles. The second-order valence-corrected chi connectivity index (χ2v) is 7.30. The van der Waals surface area contributed by atoms with E-state index in [2.05, 4.69) is 5.32 Å². The first-order valence-corrected chi connectivity index (χ1v) is 10.2. The molecule has 1 heterocycles.